The molecule has 1 aliphatic rings. The van der Waals surface area contributed by atoms with E-state index in [2.05, 4.69) is 42.0 Å². The molecule has 114 valence electrons. The monoisotopic (exact) mass is 279 g/mol. The second kappa shape index (κ2) is 7.23. The van der Waals surface area contributed by atoms with E-state index in [-0.39, 0.29) is 5.60 Å². The van der Waals surface area contributed by atoms with E-state index in [1.807, 2.05) is 6.20 Å². The fourth-order valence-corrected chi connectivity index (χ4v) is 3.58. The lowest BCUT2D eigenvalue weighted by Gasteiger charge is -2.43. The van der Waals surface area contributed by atoms with E-state index in [0.29, 0.717) is 6.04 Å². The molecule has 0 amide bonds. The van der Waals surface area contributed by atoms with Crippen LogP contribution in [-0.4, -0.2) is 34.8 Å². The van der Waals surface area contributed by atoms with E-state index in [1.165, 1.54) is 32.1 Å². The molecule has 0 saturated heterocycles. The Morgan fingerprint density at radius 2 is 2.10 bits per heavy atom. The fourth-order valence-electron chi connectivity index (χ4n) is 3.58. The topological polar surface area (TPSA) is 39.1 Å². The molecule has 1 aromatic heterocycles. The largest absolute Gasteiger partial charge is 0.374 e. The lowest BCUT2D eigenvalue weighted by Crippen LogP contribution is -2.54. The maximum absolute atomic E-state index is 6.25. The van der Waals surface area contributed by atoms with Gasteiger partial charge in [0.05, 0.1) is 5.60 Å². The zero-order valence-electron chi connectivity index (χ0n) is 13.2. The molecule has 0 radical (unpaired) electrons. The smallest absolute Gasteiger partial charge is 0.110 e. The fraction of sp³-hybridized carbons (Fsp3) is 0.812. The predicted octanol–water partition coefficient (Wildman–Crippen LogP) is 2.77. The number of ether oxygens (including phenoxy) is 1. The van der Waals surface area contributed by atoms with E-state index in [4.69, 9.17) is 4.74 Å². The highest BCUT2D eigenvalue weighted by atomic mass is 16.5. The zero-order chi connectivity index (χ0) is 14.4. The highest BCUT2D eigenvalue weighted by Gasteiger charge is 2.40. The second-order valence-electron chi connectivity index (χ2n) is 5.73. The summed E-state index contributed by atoms with van der Waals surface area (Å²) in [5.41, 5.74) is -0.00767. The third-order valence-electron chi connectivity index (χ3n) is 4.64. The standard InChI is InChI=1S/C16H29N3O/c1-4-19-12-11-18-15(19)13-14(17-3)16(20-5-2)9-7-6-8-10-16/h11-12,14,17H,4-10,13H2,1-3H3. The molecule has 0 bridgehead atoms. The van der Waals surface area contributed by atoms with E-state index in [0.717, 1.165) is 25.4 Å². The Kier molecular flexibility index (Phi) is 5.61. The van der Waals surface area contributed by atoms with Gasteiger partial charge in [0.1, 0.15) is 5.82 Å². The Balaban J connectivity index is 2.15. The number of hydrogen-bond acceptors (Lipinski definition) is 3. The van der Waals surface area contributed by atoms with Crippen molar-refractivity contribution < 1.29 is 4.74 Å². The Morgan fingerprint density at radius 1 is 1.35 bits per heavy atom. The molecule has 4 nitrogen and oxygen atoms in total. The van der Waals surface area contributed by atoms with E-state index >= 15 is 0 Å². The average Bonchev–Trinajstić information content (AvgIpc) is 2.93. The maximum Gasteiger partial charge on any atom is 0.110 e. The van der Waals surface area contributed by atoms with Gasteiger partial charge in [0, 0.05) is 38.0 Å². The molecule has 1 heterocycles. The summed E-state index contributed by atoms with van der Waals surface area (Å²) in [4.78, 5) is 4.53. The minimum atomic E-state index is -0.00767. The first-order chi connectivity index (χ1) is 9.75. The molecule has 1 atom stereocenters. The van der Waals surface area contributed by atoms with Crippen molar-refractivity contribution >= 4 is 0 Å². The van der Waals surface area contributed by atoms with Crippen molar-refractivity contribution in [2.45, 2.75) is 70.6 Å². The van der Waals surface area contributed by atoms with Gasteiger partial charge in [-0.25, -0.2) is 4.98 Å². The van der Waals surface area contributed by atoms with Crippen molar-refractivity contribution in [3.05, 3.63) is 18.2 Å². The number of imidazole rings is 1. The van der Waals surface area contributed by atoms with Crippen LogP contribution >= 0.6 is 0 Å². The summed E-state index contributed by atoms with van der Waals surface area (Å²) in [5, 5.41) is 3.51. The molecule has 1 saturated carbocycles. The first-order valence-corrected chi connectivity index (χ1v) is 8.07. The van der Waals surface area contributed by atoms with Crippen LogP contribution < -0.4 is 5.32 Å². The summed E-state index contributed by atoms with van der Waals surface area (Å²) in [6.07, 6.45) is 11.1. The van der Waals surface area contributed by atoms with Gasteiger partial charge in [-0.15, -0.1) is 0 Å². The third-order valence-corrected chi connectivity index (χ3v) is 4.64. The molecule has 1 unspecified atom stereocenters. The van der Waals surface area contributed by atoms with Crippen LogP contribution in [-0.2, 0) is 17.7 Å². The van der Waals surface area contributed by atoms with Gasteiger partial charge < -0.3 is 14.6 Å². The van der Waals surface area contributed by atoms with Crippen LogP contribution in [0.15, 0.2) is 12.4 Å². The van der Waals surface area contributed by atoms with Gasteiger partial charge in [0.25, 0.3) is 0 Å². The SMILES string of the molecule is CCOC1(C(Cc2nccn2CC)NC)CCCCC1. The lowest BCUT2D eigenvalue weighted by molar-refractivity contribution is -0.0888. The van der Waals surface area contributed by atoms with Gasteiger partial charge >= 0.3 is 0 Å². The Bertz CT molecular complexity index is 391. The van der Waals surface area contributed by atoms with Crippen LogP contribution in [0, 0.1) is 0 Å². The molecule has 4 heteroatoms. The summed E-state index contributed by atoms with van der Waals surface area (Å²) < 4.78 is 8.48. The van der Waals surface area contributed by atoms with Gasteiger partial charge in [0.15, 0.2) is 0 Å². The molecule has 0 aromatic carbocycles. The quantitative estimate of drug-likeness (QED) is 0.834. The number of aromatic nitrogens is 2. The molecule has 1 aromatic rings. The van der Waals surface area contributed by atoms with Crippen LogP contribution in [0.4, 0.5) is 0 Å². The maximum atomic E-state index is 6.25. The van der Waals surface area contributed by atoms with E-state index in [1.54, 1.807) is 0 Å². The van der Waals surface area contributed by atoms with E-state index < -0.39 is 0 Å². The lowest BCUT2D eigenvalue weighted by atomic mass is 9.78. The zero-order valence-corrected chi connectivity index (χ0v) is 13.2. The molecule has 2 rings (SSSR count). The summed E-state index contributed by atoms with van der Waals surface area (Å²) >= 11 is 0. The minimum Gasteiger partial charge on any atom is -0.374 e. The molecule has 1 aliphatic carbocycles. The Morgan fingerprint density at radius 3 is 2.70 bits per heavy atom. The molecular weight excluding hydrogens is 250 g/mol. The first-order valence-electron chi connectivity index (χ1n) is 8.07. The number of nitrogens with zero attached hydrogens (tertiary/aromatic N) is 2. The number of aryl methyl sites for hydroxylation is 1. The van der Waals surface area contributed by atoms with Crippen molar-refractivity contribution in [1.29, 1.82) is 0 Å². The first kappa shape index (κ1) is 15.5. The molecule has 0 aliphatic heterocycles. The molecule has 0 spiro atoms. The number of rotatable bonds is 7. The highest BCUT2D eigenvalue weighted by molar-refractivity contribution is 5.03. The molecule has 1 N–H and O–H groups in total. The molecule has 20 heavy (non-hydrogen) atoms. The highest BCUT2D eigenvalue weighted by Crippen LogP contribution is 2.35. The number of likely N-dealkylation sites (N-methyl/N-ethyl adjacent to an activating group) is 1. The Labute approximate surface area is 122 Å². The number of hydrogen-bond donors (Lipinski definition) is 1. The van der Waals surface area contributed by atoms with Crippen LogP contribution in [0.2, 0.25) is 0 Å². The van der Waals surface area contributed by atoms with Crippen LogP contribution in [0.5, 0.6) is 0 Å². The van der Waals surface area contributed by atoms with Gasteiger partial charge in [-0.2, -0.15) is 0 Å². The summed E-state index contributed by atoms with van der Waals surface area (Å²) in [6.45, 7) is 6.04. The van der Waals surface area contributed by atoms with Crippen LogP contribution in [0.3, 0.4) is 0 Å². The van der Waals surface area contributed by atoms with Crippen molar-refractivity contribution in [1.82, 2.24) is 14.9 Å². The Hall–Kier alpha value is -0.870. The predicted molar refractivity (Wildman–Crippen MR) is 81.9 cm³/mol. The normalized spacial score (nSPS) is 19.9. The number of nitrogens with one attached hydrogen (secondary N) is 1. The summed E-state index contributed by atoms with van der Waals surface area (Å²) in [5.74, 6) is 1.16. The average molecular weight is 279 g/mol. The van der Waals surface area contributed by atoms with Crippen molar-refractivity contribution in [2.24, 2.45) is 0 Å². The van der Waals surface area contributed by atoms with Crippen LogP contribution in [0.1, 0.15) is 51.8 Å². The minimum absolute atomic E-state index is 0.00767. The van der Waals surface area contributed by atoms with Crippen LogP contribution in [0.25, 0.3) is 0 Å². The second-order valence-corrected chi connectivity index (χ2v) is 5.73. The van der Waals surface area contributed by atoms with Gasteiger partial charge in [-0.1, -0.05) is 19.3 Å². The third kappa shape index (κ3) is 3.23. The molecular formula is C16H29N3O. The van der Waals surface area contributed by atoms with Gasteiger partial charge in [-0.3, -0.25) is 0 Å². The van der Waals surface area contributed by atoms with Gasteiger partial charge in [0.2, 0.25) is 0 Å². The van der Waals surface area contributed by atoms with Gasteiger partial charge in [-0.05, 0) is 33.7 Å². The van der Waals surface area contributed by atoms with Crippen molar-refractivity contribution in [2.75, 3.05) is 13.7 Å². The van der Waals surface area contributed by atoms with E-state index in [9.17, 15) is 0 Å². The summed E-state index contributed by atoms with van der Waals surface area (Å²) in [7, 11) is 2.05. The van der Waals surface area contributed by atoms with Crippen molar-refractivity contribution in [3.63, 3.8) is 0 Å². The van der Waals surface area contributed by atoms with Crippen molar-refractivity contribution in [3.8, 4) is 0 Å². The summed E-state index contributed by atoms with van der Waals surface area (Å²) in [6, 6.07) is 0.343. The molecule has 1 fully saturated rings.